The molecule has 3 nitrogen and oxygen atoms in total. The molecule has 0 amide bonds. The van der Waals surface area contributed by atoms with Crippen LogP contribution in [0.3, 0.4) is 0 Å². The summed E-state index contributed by atoms with van der Waals surface area (Å²) in [7, 11) is 0. The molecule has 0 radical (unpaired) electrons. The molecule has 0 fully saturated rings. The number of carbonyl (C=O) groups is 2. The van der Waals surface area contributed by atoms with E-state index in [2.05, 4.69) is 6.92 Å². The normalized spacial score (nSPS) is 30.0. The van der Waals surface area contributed by atoms with Gasteiger partial charge in [0.05, 0.1) is 11.5 Å². The van der Waals surface area contributed by atoms with Gasteiger partial charge in [0, 0.05) is 17.6 Å². The molecule has 2 unspecified atom stereocenters. The molecule has 1 heterocycles. The Labute approximate surface area is 129 Å². The van der Waals surface area contributed by atoms with Crippen molar-refractivity contribution in [2.45, 2.75) is 39.7 Å². The summed E-state index contributed by atoms with van der Waals surface area (Å²) < 4.78 is 5.99. The molecule has 1 aliphatic heterocycles. The quantitative estimate of drug-likeness (QED) is 0.683. The van der Waals surface area contributed by atoms with Crippen molar-refractivity contribution >= 4 is 22.7 Å². The Morgan fingerprint density at radius 3 is 2.55 bits per heavy atom. The van der Waals surface area contributed by atoms with Crippen molar-refractivity contribution in [3.63, 3.8) is 0 Å². The molecule has 1 aromatic carbocycles. The van der Waals surface area contributed by atoms with E-state index in [0.29, 0.717) is 17.6 Å². The van der Waals surface area contributed by atoms with Gasteiger partial charge in [-0.3, -0.25) is 9.59 Å². The number of fused-ring (bicyclic) bond motifs is 3. The van der Waals surface area contributed by atoms with Gasteiger partial charge in [0.15, 0.2) is 0 Å². The Hall–Kier alpha value is -2.16. The third kappa shape index (κ3) is 1.51. The van der Waals surface area contributed by atoms with E-state index in [1.165, 1.54) is 5.57 Å². The SMILES string of the molecule is CC1=c2ccccc2=C2C(=O)C(=O)C3=C(OC(C)C3)C2(C)C1. The smallest absolute Gasteiger partial charge is 0.232 e. The largest absolute Gasteiger partial charge is 0.493 e. The first kappa shape index (κ1) is 13.5. The summed E-state index contributed by atoms with van der Waals surface area (Å²) >= 11 is 0. The number of ketones is 2. The molecule has 0 saturated carbocycles. The summed E-state index contributed by atoms with van der Waals surface area (Å²) in [5, 5.41) is 1.97. The molecule has 4 rings (SSSR count). The predicted octanol–water partition coefficient (Wildman–Crippen LogP) is 1.63. The Balaban J connectivity index is 2.14. The van der Waals surface area contributed by atoms with Crippen molar-refractivity contribution in [1.82, 2.24) is 0 Å². The van der Waals surface area contributed by atoms with Crippen LogP contribution in [-0.2, 0) is 14.3 Å². The van der Waals surface area contributed by atoms with Crippen LogP contribution in [0.1, 0.15) is 33.6 Å². The number of ether oxygens (including phenoxy) is 1. The first-order valence-electron chi connectivity index (χ1n) is 7.72. The molecule has 0 N–H and O–H groups in total. The molecule has 112 valence electrons. The highest BCUT2D eigenvalue weighted by atomic mass is 16.5. The number of allylic oxidation sites excluding steroid dienone is 1. The zero-order valence-electron chi connectivity index (χ0n) is 13.0. The zero-order chi connectivity index (χ0) is 15.6. The van der Waals surface area contributed by atoms with Crippen LogP contribution in [0.25, 0.3) is 11.1 Å². The van der Waals surface area contributed by atoms with Gasteiger partial charge >= 0.3 is 0 Å². The highest BCUT2D eigenvalue weighted by Crippen LogP contribution is 2.51. The van der Waals surface area contributed by atoms with Gasteiger partial charge in [0.25, 0.3) is 0 Å². The Kier molecular flexibility index (Phi) is 2.57. The summed E-state index contributed by atoms with van der Waals surface area (Å²) in [6, 6.07) is 7.86. The summed E-state index contributed by atoms with van der Waals surface area (Å²) in [5.41, 5.74) is 1.94. The average molecular weight is 294 g/mol. The molecule has 3 aliphatic rings. The predicted molar refractivity (Wildman–Crippen MR) is 83.1 cm³/mol. The maximum absolute atomic E-state index is 12.8. The van der Waals surface area contributed by atoms with E-state index in [-0.39, 0.29) is 17.7 Å². The minimum absolute atomic E-state index is 0.0320. The molecule has 0 saturated heterocycles. The second-order valence-electron chi connectivity index (χ2n) is 6.81. The topological polar surface area (TPSA) is 43.4 Å². The average Bonchev–Trinajstić information content (AvgIpc) is 2.88. The summed E-state index contributed by atoms with van der Waals surface area (Å²) in [4.78, 5) is 25.3. The van der Waals surface area contributed by atoms with E-state index >= 15 is 0 Å². The van der Waals surface area contributed by atoms with Crippen molar-refractivity contribution in [1.29, 1.82) is 0 Å². The molecule has 1 aromatic rings. The van der Waals surface area contributed by atoms with E-state index in [4.69, 9.17) is 4.74 Å². The van der Waals surface area contributed by atoms with E-state index in [9.17, 15) is 9.59 Å². The van der Waals surface area contributed by atoms with Crippen molar-refractivity contribution in [3.05, 3.63) is 46.0 Å². The minimum atomic E-state index is -0.510. The molecule has 2 aliphatic carbocycles. The lowest BCUT2D eigenvalue weighted by molar-refractivity contribution is -0.132. The fraction of sp³-hybridized carbons (Fsp3) is 0.368. The number of benzene rings is 1. The lowest BCUT2D eigenvalue weighted by atomic mass is 9.65. The molecule has 0 aromatic heterocycles. The second-order valence-corrected chi connectivity index (χ2v) is 6.81. The highest BCUT2D eigenvalue weighted by molar-refractivity contribution is 6.58. The van der Waals surface area contributed by atoms with Gasteiger partial charge in [-0.25, -0.2) is 0 Å². The van der Waals surface area contributed by atoms with E-state index in [1.54, 1.807) is 0 Å². The molecular formula is C19H18O3. The Morgan fingerprint density at radius 1 is 1.14 bits per heavy atom. The Morgan fingerprint density at radius 2 is 1.82 bits per heavy atom. The van der Waals surface area contributed by atoms with Crippen LogP contribution in [0.5, 0.6) is 0 Å². The maximum atomic E-state index is 12.8. The van der Waals surface area contributed by atoms with E-state index in [1.807, 2.05) is 38.1 Å². The number of hydrogen-bond acceptors (Lipinski definition) is 3. The van der Waals surface area contributed by atoms with E-state index < -0.39 is 5.41 Å². The first-order valence-corrected chi connectivity index (χ1v) is 7.72. The number of Topliss-reactive ketones (excluding diaryl/α,β-unsaturated/α-hetero) is 2. The summed E-state index contributed by atoms with van der Waals surface area (Å²) in [5.74, 6) is 0.00790. The fourth-order valence-electron chi connectivity index (χ4n) is 4.25. The van der Waals surface area contributed by atoms with Gasteiger partial charge in [-0.15, -0.1) is 0 Å². The maximum Gasteiger partial charge on any atom is 0.232 e. The number of carbonyl (C=O) groups excluding carboxylic acids is 2. The molecule has 0 bridgehead atoms. The number of rotatable bonds is 0. The van der Waals surface area contributed by atoms with Crippen molar-refractivity contribution in [2.24, 2.45) is 5.41 Å². The van der Waals surface area contributed by atoms with Crippen LogP contribution >= 0.6 is 0 Å². The lowest BCUT2D eigenvalue weighted by Crippen LogP contribution is -2.47. The highest BCUT2D eigenvalue weighted by Gasteiger charge is 2.52. The van der Waals surface area contributed by atoms with Gasteiger partial charge in [-0.05, 0) is 37.6 Å². The zero-order valence-corrected chi connectivity index (χ0v) is 13.0. The van der Waals surface area contributed by atoms with Crippen LogP contribution in [-0.4, -0.2) is 17.7 Å². The van der Waals surface area contributed by atoms with Gasteiger partial charge < -0.3 is 4.74 Å². The molecule has 2 atom stereocenters. The monoisotopic (exact) mass is 294 g/mol. The lowest BCUT2D eigenvalue weighted by Gasteiger charge is -2.38. The van der Waals surface area contributed by atoms with Crippen molar-refractivity contribution in [2.75, 3.05) is 0 Å². The third-order valence-electron chi connectivity index (χ3n) is 5.12. The second kappa shape index (κ2) is 4.19. The minimum Gasteiger partial charge on any atom is -0.493 e. The van der Waals surface area contributed by atoms with Gasteiger partial charge in [-0.2, -0.15) is 0 Å². The van der Waals surface area contributed by atoms with Gasteiger partial charge in [0.1, 0.15) is 5.76 Å². The Bertz CT molecular complexity index is 888. The first-order chi connectivity index (χ1) is 10.4. The molecule has 22 heavy (non-hydrogen) atoms. The summed E-state index contributed by atoms with van der Waals surface area (Å²) in [6.07, 6.45) is 1.24. The summed E-state index contributed by atoms with van der Waals surface area (Å²) in [6.45, 7) is 6.09. The van der Waals surface area contributed by atoms with Crippen LogP contribution in [0.2, 0.25) is 0 Å². The van der Waals surface area contributed by atoms with Crippen LogP contribution in [0, 0.1) is 5.41 Å². The van der Waals surface area contributed by atoms with Gasteiger partial charge in [-0.1, -0.05) is 29.8 Å². The number of hydrogen-bond donors (Lipinski definition) is 0. The van der Waals surface area contributed by atoms with Crippen LogP contribution < -0.4 is 10.4 Å². The third-order valence-corrected chi connectivity index (χ3v) is 5.12. The van der Waals surface area contributed by atoms with E-state index in [0.717, 1.165) is 22.6 Å². The molecule has 3 heteroatoms. The molecular weight excluding hydrogens is 276 g/mol. The van der Waals surface area contributed by atoms with Gasteiger partial charge in [0.2, 0.25) is 11.6 Å². The fourth-order valence-corrected chi connectivity index (χ4v) is 4.25. The van der Waals surface area contributed by atoms with Crippen LogP contribution in [0.15, 0.2) is 35.6 Å². The van der Waals surface area contributed by atoms with Crippen LogP contribution in [0.4, 0.5) is 0 Å². The standard InChI is InChI=1S/C19H18O3/c1-10-9-19(3)15(13-7-5-4-6-12(10)13)17(21)16(20)14-8-11(2)22-18(14)19/h4-7,11H,8-9H2,1-3H3. The molecule has 0 spiro atoms. The van der Waals surface area contributed by atoms with Crippen molar-refractivity contribution in [3.8, 4) is 0 Å². The van der Waals surface area contributed by atoms with Crippen molar-refractivity contribution < 1.29 is 14.3 Å².